The number of carbonyl (C=O) groups is 1. The van der Waals surface area contributed by atoms with Crippen LogP contribution in [-0.4, -0.2) is 41.1 Å². The Morgan fingerprint density at radius 2 is 1.75 bits per heavy atom. The van der Waals surface area contributed by atoms with E-state index in [1.807, 2.05) is 54.7 Å². The van der Waals surface area contributed by atoms with Gasteiger partial charge in [0.1, 0.15) is 5.69 Å². The summed E-state index contributed by atoms with van der Waals surface area (Å²) in [5, 5.41) is 8.88. The molecule has 4 aromatic rings. The minimum absolute atomic E-state index is 0.327. The molecule has 2 aromatic heterocycles. The van der Waals surface area contributed by atoms with Crippen LogP contribution in [0, 0.1) is 0 Å². The number of ether oxygens (including phenoxy) is 2. The SMILES string of the molecule is COc1ccc(-c2nn(-c3ccccc3)cc2C=NNC(=O)c2ccncc2)cc1OC. The van der Waals surface area contributed by atoms with Crippen LogP contribution in [0.1, 0.15) is 15.9 Å². The number of nitrogens with one attached hydrogen (secondary N) is 1. The zero-order chi connectivity index (χ0) is 22.3. The highest BCUT2D eigenvalue weighted by Gasteiger charge is 2.14. The second-order valence-electron chi connectivity index (χ2n) is 6.72. The molecule has 0 aliphatic heterocycles. The number of hydrogen-bond acceptors (Lipinski definition) is 6. The standard InChI is InChI=1S/C24H21N5O3/c1-31-21-9-8-18(14-22(21)32-2)23-19(16-29(28-23)20-6-4-3-5-7-20)15-26-27-24(30)17-10-12-25-13-11-17/h3-16H,1-2H3,(H,27,30). The largest absolute Gasteiger partial charge is 0.493 e. The quantitative estimate of drug-likeness (QED) is 0.359. The monoisotopic (exact) mass is 427 g/mol. The Hall–Kier alpha value is -4.46. The molecule has 0 saturated carbocycles. The second kappa shape index (κ2) is 9.57. The zero-order valence-corrected chi connectivity index (χ0v) is 17.6. The summed E-state index contributed by atoms with van der Waals surface area (Å²) in [6.45, 7) is 0. The third-order valence-electron chi connectivity index (χ3n) is 4.73. The summed E-state index contributed by atoms with van der Waals surface area (Å²) < 4.78 is 12.5. The molecule has 4 rings (SSSR count). The van der Waals surface area contributed by atoms with Gasteiger partial charge < -0.3 is 9.47 Å². The Balaban J connectivity index is 1.69. The molecule has 8 heteroatoms. The molecule has 8 nitrogen and oxygen atoms in total. The van der Waals surface area contributed by atoms with Gasteiger partial charge in [0.05, 0.1) is 26.1 Å². The van der Waals surface area contributed by atoms with Crippen molar-refractivity contribution in [3.05, 3.63) is 90.4 Å². The molecule has 2 heterocycles. The van der Waals surface area contributed by atoms with Crippen molar-refractivity contribution in [2.24, 2.45) is 5.10 Å². The van der Waals surface area contributed by atoms with E-state index in [0.29, 0.717) is 22.8 Å². The third kappa shape index (κ3) is 4.49. The van der Waals surface area contributed by atoms with Gasteiger partial charge >= 0.3 is 0 Å². The predicted octanol–water partition coefficient (Wildman–Crippen LogP) is 3.72. The number of pyridine rings is 1. The van der Waals surface area contributed by atoms with Crippen LogP contribution < -0.4 is 14.9 Å². The molecule has 32 heavy (non-hydrogen) atoms. The Morgan fingerprint density at radius 3 is 2.47 bits per heavy atom. The maximum absolute atomic E-state index is 12.3. The van der Waals surface area contributed by atoms with Gasteiger partial charge in [-0.2, -0.15) is 10.2 Å². The number of carbonyl (C=O) groups excluding carboxylic acids is 1. The van der Waals surface area contributed by atoms with Gasteiger partial charge in [-0.3, -0.25) is 9.78 Å². The average Bonchev–Trinajstić information content (AvgIpc) is 3.28. The minimum atomic E-state index is -0.327. The number of rotatable bonds is 7. The number of aromatic nitrogens is 3. The first-order valence-electron chi connectivity index (χ1n) is 9.80. The summed E-state index contributed by atoms with van der Waals surface area (Å²) >= 11 is 0. The molecule has 0 aliphatic carbocycles. The van der Waals surface area contributed by atoms with Crippen molar-refractivity contribution in [2.45, 2.75) is 0 Å². The van der Waals surface area contributed by atoms with Crippen LogP contribution in [0.5, 0.6) is 11.5 Å². The number of hydrazone groups is 1. The van der Waals surface area contributed by atoms with E-state index in [2.05, 4.69) is 15.5 Å². The van der Waals surface area contributed by atoms with Crippen molar-refractivity contribution in [2.75, 3.05) is 14.2 Å². The van der Waals surface area contributed by atoms with Crippen molar-refractivity contribution in [1.29, 1.82) is 0 Å². The first-order chi connectivity index (χ1) is 15.7. The van der Waals surface area contributed by atoms with Crippen LogP contribution in [-0.2, 0) is 0 Å². The molecular formula is C24H21N5O3. The number of methoxy groups -OCH3 is 2. The molecule has 0 radical (unpaired) electrons. The average molecular weight is 427 g/mol. The Bertz CT molecular complexity index is 1240. The van der Waals surface area contributed by atoms with E-state index in [4.69, 9.17) is 14.6 Å². The number of amides is 1. The van der Waals surface area contributed by atoms with E-state index >= 15 is 0 Å². The highest BCUT2D eigenvalue weighted by atomic mass is 16.5. The topological polar surface area (TPSA) is 90.6 Å². The zero-order valence-electron chi connectivity index (χ0n) is 17.6. The highest BCUT2D eigenvalue weighted by Crippen LogP contribution is 2.33. The molecule has 0 fully saturated rings. The molecule has 0 atom stereocenters. The smallest absolute Gasteiger partial charge is 0.271 e. The van der Waals surface area contributed by atoms with E-state index in [0.717, 1.165) is 16.8 Å². The molecule has 0 bridgehead atoms. The van der Waals surface area contributed by atoms with E-state index in [1.165, 1.54) is 0 Å². The lowest BCUT2D eigenvalue weighted by atomic mass is 10.1. The molecule has 160 valence electrons. The molecule has 1 N–H and O–H groups in total. The van der Waals surface area contributed by atoms with Crippen LogP contribution in [0.25, 0.3) is 16.9 Å². The van der Waals surface area contributed by atoms with Gasteiger partial charge in [0.15, 0.2) is 11.5 Å². The van der Waals surface area contributed by atoms with Gasteiger partial charge in [-0.05, 0) is 42.5 Å². The number of benzene rings is 2. The van der Waals surface area contributed by atoms with Crippen molar-refractivity contribution in [3.8, 4) is 28.4 Å². The lowest BCUT2D eigenvalue weighted by molar-refractivity contribution is 0.0955. The van der Waals surface area contributed by atoms with Crippen LogP contribution >= 0.6 is 0 Å². The van der Waals surface area contributed by atoms with Crippen molar-refractivity contribution in [3.63, 3.8) is 0 Å². The Labute approximate surface area is 185 Å². The summed E-state index contributed by atoms with van der Waals surface area (Å²) in [4.78, 5) is 16.2. The first-order valence-corrected chi connectivity index (χ1v) is 9.80. The maximum Gasteiger partial charge on any atom is 0.271 e. The Morgan fingerprint density at radius 1 is 1.00 bits per heavy atom. The van der Waals surface area contributed by atoms with Gasteiger partial charge in [0.25, 0.3) is 5.91 Å². The minimum Gasteiger partial charge on any atom is -0.493 e. The third-order valence-corrected chi connectivity index (χ3v) is 4.73. The van der Waals surface area contributed by atoms with E-state index in [1.54, 1.807) is 49.6 Å². The van der Waals surface area contributed by atoms with E-state index in [-0.39, 0.29) is 5.91 Å². The predicted molar refractivity (Wildman–Crippen MR) is 121 cm³/mol. The summed E-state index contributed by atoms with van der Waals surface area (Å²) in [5.41, 5.74) is 6.12. The summed E-state index contributed by atoms with van der Waals surface area (Å²) in [5.74, 6) is 0.887. The normalized spacial score (nSPS) is 10.8. The van der Waals surface area contributed by atoms with Crippen molar-refractivity contribution in [1.82, 2.24) is 20.2 Å². The highest BCUT2D eigenvalue weighted by molar-refractivity contribution is 5.95. The lowest BCUT2D eigenvalue weighted by Gasteiger charge is -2.09. The Kier molecular flexibility index (Phi) is 6.22. The van der Waals surface area contributed by atoms with Crippen LogP contribution in [0.4, 0.5) is 0 Å². The first kappa shape index (κ1) is 20.8. The summed E-state index contributed by atoms with van der Waals surface area (Å²) in [7, 11) is 3.17. The fourth-order valence-corrected chi connectivity index (χ4v) is 3.13. The molecule has 2 aromatic carbocycles. The fraction of sp³-hybridized carbons (Fsp3) is 0.0833. The molecule has 1 amide bonds. The van der Waals surface area contributed by atoms with E-state index < -0.39 is 0 Å². The second-order valence-corrected chi connectivity index (χ2v) is 6.72. The van der Waals surface area contributed by atoms with Gasteiger partial charge in [0, 0.05) is 35.3 Å². The van der Waals surface area contributed by atoms with Crippen LogP contribution in [0.2, 0.25) is 0 Å². The van der Waals surface area contributed by atoms with Crippen molar-refractivity contribution >= 4 is 12.1 Å². The van der Waals surface area contributed by atoms with Gasteiger partial charge in [0.2, 0.25) is 0 Å². The summed E-state index contributed by atoms with van der Waals surface area (Å²) in [6.07, 6.45) is 6.52. The maximum atomic E-state index is 12.3. The fourth-order valence-electron chi connectivity index (χ4n) is 3.13. The van der Waals surface area contributed by atoms with Gasteiger partial charge in [-0.1, -0.05) is 18.2 Å². The molecule has 0 saturated heterocycles. The number of hydrogen-bond donors (Lipinski definition) is 1. The van der Waals surface area contributed by atoms with Gasteiger partial charge in [-0.25, -0.2) is 10.1 Å². The molecular weight excluding hydrogens is 406 g/mol. The lowest BCUT2D eigenvalue weighted by Crippen LogP contribution is -2.17. The van der Waals surface area contributed by atoms with E-state index in [9.17, 15) is 4.79 Å². The molecule has 0 unspecified atom stereocenters. The molecule has 0 aliphatic rings. The van der Waals surface area contributed by atoms with Crippen LogP contribution in [0.3, 0.4) is 0 Å². The van der Waals surface area contributed by atoms with Gasteiger partial charge in [-0.15, -0.1) is 0 Å². The summed E-state index contributed by atoms with van der Waals surface area (Å²) in [6, 6.07) is 18.5. The number of para-hydroxylation sites is 1. The van der Waals surface area contributed by atoms with Crippen LogP contribution in [0.15, 0.2) is 84.4 Å². The molecule has 0 spiro atoms. The van der Waals surface area contributed by atoms with Crippen molar-refractivity contribution < 1.29 is 14.3 Å². The number of nitrogens with zero attached hydrogens (tertiary/aromatic N) is 4.